The molecule has 3 N–H and O–H groups in total. The average Bonchev–Trinajstić information content (AvgIpc) is 2.43. The number of amides is 1. The van der Waals surface area contributed by atoms with Gasteiger partial charge in [-0.25, -0.2) is 4.39 Å². The summed E-state index contributed by atoms with van der Waals surface area (Å²) in [4.78, 5) is 14.7. The first-order chi connectivity index (χ1) is 10.7. The van der Waals surface area contributed by atoms with Gasteiger partial charge in [-0.3, -0.25) is 4.79 Å². The van der Waals surface area contributed by atoms with Crippen molar-refractivity contribution in [1.82, 2.24) is 4.98 Å². The van der Waals surface area contributed by atoms with E-state index >= 15 is 0 Å². The van der Waals surface area contributed by atoms with E-state index in [-0.39, 0.29) is 17.3 Å². The van der Waals surface area contributed by atoms with Gasteiger partial charge in [-0.15, -0.1) is 0 Å². The highest BCUT2D eigenvalue weighted by Crippen LogP contribution is 2.32. The van der Waals surface area contributed by atoms with Gasteiger partial charge in [-0.2, -0.15) is 18.2 Å². The molecule has 0 aliphatic carbocycles. The van der Waals surface area contributed by atoms with E-state index in [0.29, 0.717) is 0 Å². The maximum absolute atomic E-state index is 13.8. The van der Waals surface area contributed by atoms with Gasteiger partial charge >= 0.3 is 6.18 Å². The van der Waals surface area contributed by atoms with Crippen molar-refractivity contribution < 1.29 is 27.1 Å². The Kier molecular flexibility index (Phi) is 4.39. The number of aromatic nitrogens is 1. The van der Waals surface area contributed by atoms with E-state index in [1.54, 1.807) is 0 Å². The Labute approximate surface area is 128 Å². The Morgan fingerprint density at radius 1 is 1.26 bits per heavy atom. The Morgan fingerprint density at radius 3 is 2.39 bits per heavy atom. The number of hydrogen-bond donors (Lipinski definition) is 2. The van der Waals surface area contributed by atoms with Crippen molar-refractivity contribution in [2.75, 3.05) is 11.1 Å². The molecule has 2 rings (SSSR count). The maximum atomic E-state index is 13.8. The van der Waals surface area contributed by atoms with E-state index in [9.17, 15) is 22.4 Å². The summed E-state index contributed by atoms with van der Waals surface area (Å²) in [6.45, 7) is 1.21. The first-order valence-electron chi connectivity index (χ1n) is 6.25. The maximum Gasteiger partial charge on any atom is 0.416 e. The number of carbonyl (C=O) groups is 1. The van der Waals surface area contributed by atoms with Crippen LogP contribution in [0.15, 0.2) is 30.3 Å². The number of carbonyl (C=O) groups excluding carboxylic acids is 1. The molecule has 5 nitrogen and oxygen atoms in total. The third kappa shape index (κ3) is 4.09. The van der Waals surface area contributed by atoms with Crippen molar-refractivity contribution in [2.24, 2.45) is 0 Å². The molecule has 2 aromatic rings. The number of hydrogen-bond acceptors (Lipinski definition) is 4. The normalized spacial score (nSPS) is 11.2. The lowest BCUT2D eigenvalue weighted by atomic mass is 10.2. The Morgan fingerprint density at radius 2 is 1.87 bits per heavy atom. The highest BCUT2D eigenvalue weighted by atomic mass is 19.4. The second-order valence-electron chi connectivity index (χ2n) is 4.52. The summed E-state index contributed by atoms with van der Waals surface area (Å²) in [6, 6.07) is 4.52. The Hall–Kier alpha value is -2.84. The van der Waals surface area contributed by atoms with Gasteiger partial charge < -0.3 is 15.8 Å². The molecule has 0 radical (unpaired) electrons. The van der Waals surface area contributed by atoms with Gasteiger partial charge in [0.25, 0.3) is 5.88 Å². The number of rotatable bonds is 3. The molecule has 122 valence electrons. The smallest absolute Gasteiger partial charge is 0.416 e. The van der Waals surface area contributed by atoms with Crippen LogP contribution in [0.2, 0.25) is 0 Å². The number of ether oxygens (including phenoxy) is 1. The summed E-state index contributed by atoms with van der Waals surface area (Å²) in [7, 11) is 0. The first-order valence-corrected chi connectivity index (χ1v) is 6.25. The van der Waals surface area contributed by atoms with Crippen molar-refractivity contribution in [1.29, 1.82) is 0 Å². The third-order valence-corrected chi connectivity index (χ3v) is 2.66. The first kappa shape index (κ1) is 16.5. The van der Waals surface area contributed by atoms with Crippen LogP contribution in [-0.2, 0) is 11.0 Å². The van der Waals surface area contributed by atoms with E-state index in [2.05, 4.69) is 10.3 Å². The fourth-order valence-corrected chi connectivity index (χ4v) is 1.65. The lowest BCUT2D eigenvalue weighted by Crippen LogP contribution is -2.11. The van der Waals surface area contributed by atoms with Crippen molar-refractivity contribution >= 4 is 17.4 Å². The molecule has 1 aromatic carbocycles. The van der Waals surface area contributed by atoms with Crippen LogP contribution in [0.25, 0.3) is 0 Å². The van der Waals surface area contributed by atoms with Crippen LogP contribution in [-0.4, -0.2) is 10.9 Å². The van der Waals surface area contributed by atoms with Gasteiger partial charge in [0.1, 0.15) is 5.75 Å². The number of nitrogens with one attached hydrogen (secondary N) is 1. The largest absolute Gasteiger partial charge is 0.436 e. The van der Waals surface area contributed by atoms with Crippen LogP contribution in [0, 0.1) is 5.82 Å². The number of halogens is 4. The molecule has 0 unspecified atom stereocenters. The van der Waals surface area contributed by atoms with Crippen molar-refractivity contribution in [3.8, 4) is 11.6 Å². The zero-order chi connectivity index (χ0) is 17.2. The topological polar surface area (TPSA) is 77.2 Å². The number of alkyl halides is 3. The molecule has 0 aliphatic rings. The molecule has 0 saturated carbocycles. The highest BCUT2D eigenvalue weighted by Gasteiger charge is 2.30. The predicted octanol–water partition coefficient (Wildman–Crippen LogP) is 3.57. The van der Waals surface area contributed by atoms with Gasteiger partial charge in [-0.05, 0) is 24.3 Å². The van der Waals surface area contributed by atoms with Gasteiger partial charge in [-0.1, -0.05) is 0 Å². The summed E-state index contributed by atoms with van der Waals surface area (Å²) in [5, 5.41) is 2.29. The number of nitrogens with zero attached hydrogens (tertiary/aromatic N) is 1. The zero-order valence-electron chi connectivity index (χ0n) is 11.7. The minimum Gasteiger partial charge on any atom is -0.436 e. The van der Waals surface area contributed by atoms with E-state index < -0.39 is 29.3 Å². The molecule has 0 atom stereocenters. The number of anilines is 2. The van der Waals surface area contributed by atoms with Crippen LogP contribution in [0.3, 0.4) is 0 Å². The van der Waals surface area contributed by atoms with Gasteiger partial charge in [0, 0.05) is 13.0 Å². The van der Waals surface area contributed by atoms with Gasteiger partial charge in [0.05, 0.1) is 11.3 Å². The fourth-order valence-electron chi connectivity index (χ4n) is 1.65. The quantitative estimate of drug-likeness (QED) is 0.844. The van der Waals surface area contributed by atoms with E-state index in [1.807, 2.05) is 0 Å². The number of nitrogen functional groups attached to an aromatic ring is 1. The Bertz CT molecular complexity index is 730. The monoisotopic (exact) mass is 329 g/mol. The van der Waals surface area contributed by atoms with E-state index in [0.717, 1.165) is 30.3 Å². The lowest BCUT2D eigenvalue weighted by molar-refractivity contribution is -0.137. The summed E-state index contributed by atoms with van der Waals surface area (Å²) in [5.41, 5.74) is 4.52. The Balaban J connectivity index is 2.27. The summed E-state index contributed by atoms with van der Waals surface area (Å²) in [6.07, 6.45) is -4.48. The molecular weight excluding hydrogens is 318 g/mol. The minimum absolute atomic E-state index is 0.0528. The zero-order valence-corrected chi connectivity index (χ0v) is 11.7. The van der Waals surface area contributed by atoms with Crippen LogP contribution in [0.4, 0.5) is 29.1 Å². The van der Waals surface area contributed by atoms with Crippen molar-refractivity contribution in [2.45, 2.75) is 13.1 Å². The molecule has 0 aliphatic heterocycles. The fraction of sp³-hybridized carbons (Fsp3) is 0.143. The molecule has 0 bridgehead atoms. The van der Waals surface area contributed by atoms with Crippen LogP contribution >= 0.6 is 0 Å². The van der Waals surface area contributed by atoms with Gasteiger partial charge in [0.2, 0.25) is 5.91 Å². The second-order valence-corrected chi connectivity index (χ2v) is 4.52. The molecule has 1 amide bonds. The summed E-state index contributed by atoms with van der Waals surface area (Å²) >= 11 is 0. The molecule has 23 heavy (non-hydrogen) atoms. The summed E-state index contributed by atoms with van der Waals surface area (Å²) < 4.78 is 56.2. The summed E-state index contributed by atoms with van der Waals surface area (Å²) in [5.74, 6) is -2.08. The van der Waals surface area contributed by atoms with Crippen LogP contribution in [0.1, 0.15) is 12.5 Å². The lowest BCUT2D eigenvalue weighted by Gasteiger charge is -2.11. The minimum atomic E-state index is -4.48. The molecule has 0 saturated heterocycles. The third-order valence-electron chi connectivity index (χ3n) is 2.66. The molecule has 0 fully saturated rings. The van der Waals surface area contributed by atoms with Gasteiger partial charge in [0.15, 0.2) is 11.6 Å². The van der Waals surface area contributed by atoms with Crippen molar-refractivity contribution in [3.63, 3.8) is 0 Å². The molecule has 1 aromatic heterocycles. The van der Waals surface area contributed by atoms with Crippen LogP contribution < -0.4 is 15.8 Å². The standard InChI is InChI=1S/C14H11F4N3O2/c1-7(22)20-12-11(19)6-10(15)13(21-12)23-9-4-2-8(3-5-9)14(16,17)18/h2-6H,19H2,1H3,(H,20,21,22). The molecule has 1 heterocycles. The van der Waals surface area contributed by atoms with Crippen molar-refractivity contribution in [3.05, 3.63) is 41.7 Å². The molecule has 0 spiro atoms. The average molecular weight is 329 g/mol. The van der Waals surface area contributed by atoms with Crippen LogP contribution in [0.5, 0.6) is 11.6 Å². The predicted molar refractivity (Wildman–Crippen MR) is 74.4 cm³/mol. The van der Waals surface area contributed by atoms with E-state index in [4.69, 9.17) is 10.5 Å². The molecular formula is C14H11F4N3O2. The highest BCUT2D eigenvalue weighted by molar-refractivity contribution is 5.90. The SMILES string of the molecule is CC(=O)Nc1nc(Oc2ccc(C(F)(F)F)cc2)c(F)cc1N. The number of nitrogens with two attached hydrogens (primary N) is 1. The number of benzene rings is 1. The molecule has 9 heteroatoms. The number of pyridine rings is 1. The second kappa shape index (κ2) is 6.11. The van der Waals surface area contributed by atoms with E-state index in [1.165, 1.54) is 6.92 Å².